The molecule has 0 amide bonds. The first-order valence-corrected chi connectivity index (χ1v) is 8.24. The zero-order valence-corrected chi connectivity index (χ0v) is 13.3. The van der Waals surface area contributed by atoms with Gasteiger partial charge in [0.2, 0.25) is 10.0 Å². The second-order valence-corrected chi connectivity index (χ2v) is 7.05. The number of ether oxygens (including phenoxy) is 2. The summed E-state index contributed by atoms with van der Waals surface area (Å²) in [5.74, 6) is -0.682. The SMILES string of the molecule is COc1ccc(S(=O)(=O)N(C)C2CCOC2)c(CC(=O)O)c1. The number of nitrogens with zero attached hydrogens (tertiary/aromatic N) is 1. The monoisotopic (exact) mass is 329 g/mol. The quantitative estimate of drug-likeness (QED) is 0.827. The highest BCUT2D eigenvalue weighted by Gasteiger charge is 2.32. The molecule has 1 fully saturated rings. The predicted molar refractivity (Wildman–Crippen MR) is 78.5 cm³/mol. The van der Waals surface area contributed by atoms with Crippen molar-refractivity contribution in [1.29, 1.82) is 0 Å². The van der Waals surface area contributed by atoms with Crippen LogP contribution in [0, 0.1) is 0 Å². The van der Waals surface area contributed by atoms with Crippen molar-refractivity contribution in [3.63, 3.8) is 0 Å². The number of hydrogen-bond acceptors (Lipinski definition) is 5. The van der Waals surface area contributed by atoms with Crippen molar-refractivity contribution in [2.75, 3.05) is 27.4 Å². The summed E-state index contributed by atoms with van der Waals surface area (Å²) in [6, 6.07) is 4.11. The number of carbonyl (C=O) groups is 1. The molecule has 0 saturated carbocycles. The summed E-state index contributed by atoms with van der Waals surface area (Å²) in [7, 11) is -0.859. The Bertz CT molecular complexity index is 651. The summed E-state index contributed by atoms with van der Waals surface area (Å²) in [5.41, 5.74) is 0.206. The van der Waals surface area contributed by atoms with Gasteiger partial charge in [-0.25, -0.2) is 8.42 Å². The number of benzene rings is 1. The lowest BCUT2D eigenvalue weighted by Crippen LogP contribution is -2.37. The average Bonchev–Trinajstić information content (AvgIpc) is 2.99. The van der Waals surface area contributed by atoms with Crippen molar-refractivity contribution < 1.29 is 27.8 Å². The molecule has 22 heavy (non-hydrogen) atoms. The van der Waals surface area contributed by atoms with Gasteiger partial charge >= 0.3 is 5.97 Å². The van der Waals surface area contributed by atoms with E-state index < -0.39 is 16.0 Å². The summed E-state index contributed by atoms with van der Waals surface area (Å²) >= 11 is 0. The number of carboxylic acid groups (broad SMARTS) is 1. The van der Waals surface area contributed by atoms with Crippen LogP contribution in [0.5, 0.6) is 5.75 Å². The van der Waals surface area contributed by atoms with Crippen molar-refractivity contribution in [3.05, 3.63) is 23.8 Å². The fourth-order valence-electron chi connectivity index (χ4n) is 2.40. The second-order valence-electron chi connectivity index (χ2n) is 5.08. The van der Waals surface area contributed by atoms with Gasteiger partial charge in [-0.15, -0.1) is 0 Å². The van der Waals surface area contributed by atoms with Crippen molar-refractivity contribution in [3.8, 4) is 5.75 Å². The molecule has 1 N–H and O–H groups in total. The summed E-state index contributed by atoms with van der Waals surface area (Å²) in [6.45, 7) is 0.870. The van der Waals surface area contributed by atoms with Gasteiger partial charge in [0.15, 0.2) is 0 Å². The first-order chi connectivity index (χ1) is 10.4. The fourth-order valence-corrected chi connectivity index (χ4v) is 3.97. The lowest BCUT2D eigenvalue weighted by atomic mass is 10.1. The molecule has 8 heteroatoms. The van der Waals surface area contributed by atoms with Crippen LogP contribution in [0.4, 0.5) is 0 Å². The Labute approximate surface area is 129 Å². The van der Waals surface area contributed by atoms with Crippen molar-refractivity contribution in [2.24, 2.45) is 0 Å². The number of likely N-dealkylation sites (N-methyl/N-ethyl adjacent to an activating group) is 1. The molecule has 1 aliphatic heterocycles. The first kappa shape index (κ1) is 16.7. The Morgan fingerprint density at radius 3 is 2.77 bits per heavy atom. The zero-order valence-electron chi connectivity index (χ0n) is 12.5. The van der Waals surface area contributed by atoms with Crippen LogP contribution < -0.4 is 4.74 Å². The van der Waals surface area contributed by atoms with Gasteiger partial charge in [-0.1, -0.05) is 0 Å². The van der Waals surface area contributed by atoms with Crippen LogP contribution in [0.1, 0.15) is 12.0 Å². The maximum absolute atomic E-state index is 12.8. The van der Waals surface area contributed by atoms with Crippen LogP contribution in [0.15, 0.2) is 23.1 Å². The highest BCUT2D eigenvalue weighted by molar-refractivity contribution is 7.89. The van der Waals surface area contributed by atoms with Crippen molar-refractivity contribution in [2.45, 2.75) is 23.8 Å². The summed E-state index contributed by atoms with van der Waals surface area (Å²) in [4.78, 5) is 11.0. The van der Waals surface area contributed by atoms with Crippen LogP contribution in [-0.4, -0.2) is 57.2 Å². The number of methoxy groups -OCH3 is 1. The molecule has 122 valence electrons. The number of rotatable bonds is 6. The van der Waals surface area contributed by atoms with E-state index in [2.05, 4.69) is 0 Å². The molecule has 0 aromatic heterocycles. The lowest BCUT2D eigenvalue weighted by Gasteiger charge is -2.24. The van der Waals surface area contributed by atoms with Crippen molar-refractivity contribution >= 4 is 16.0 Å². The van der Waals surface area contributed by atoms with E-state index in [0.717, 1.165) is 0 Å². The molecule has 1 atom stereocenters. The Balaban J connectivity index is 2.42. The average molecular weight is 329 g/mol. The summed E-state index contributed by atoms with van der Waals surface area (Å²) < 4.78 is 37.0. The Morgan fingerprint density at radius 2 is 2.23 bits per heavy atom. The summed E-state index contributed by atoms with van der Waals surface area (Å²) in [6.07, 6.45) is 0.237. The molecule has 2 rings (SSSR count). The van der Waals surface area contributed by atoms with Crippen LogP contribution in [0.2, 0.25) is 0 Å². The van der Waals surface area contributed by atoms with E-state index in [-0.39, 0.29) is 22.9 Å². The molecule has 1 aromatic rings. The molecule has 1 aliphatic rings. The first-order valence-electron chi connectivity index (χ1n) is 6.80. The molecule has 1 saturated heterocycles. The number of sulfonamides is 1. The second kappa shape index (κ2) is 6.64. The third-order valence-electron chi connectivity index (χ3n) is 3.69. The van der Waals surface area contributed by atoms with E-state index in [4.69, 9.17) is 14.6 Å². The minimum Gasteiger partial charge on any atom is -0.497 e. The zero-order chi connectivity index (χ0) is 16.3. The van der Waals surface area contributed by atoms with Crippen LogP contribution in [0.3, 0.4) is 0 Å². The van der Waals surface area contributed by atoms with Gasteiger partial charge in [0.25, 0.3) is 0 Å². The molecule has 0 radical (unpaired) electrons. The van der Waals surface area contributed by atoms with Crippen LogP contribution in [-0.2, 0) is 26.0 Å². The largest absolute Gasteiger partial charge is 0.497 e. The summed E-state index contributed by atoms with van der Waals surface area (Å²) in [5, 5.41) is 9.00. The van der Waals surface area contributed by atoms with E-state index in [0.29, 0.717) is 25.4 Å². The fraction of sp³-hybridized carbons (Fsp3) is 0.500. The highest BCUT2D eigenvalue weighted by Crippen LogP contribution is 2.27. The number of aliphatic carboxylic acids is 1. The third-order valence-corrected chi connectivity index (χ3v) is 5.70. The Kier molecular flexibility index (Phi) is 5.05. The van der Waals surface area contributed by atoms with Gasteiger partial charge in [0.05, 0.1) is 31.1 Å². The molecular formula is C14H19NO6S. The van der Waals surface area contributed by atoms with E-state index in [1.54, 1.807) is 0 Å². The van der Waals surface area contributed by atoms with Gasteiger partial charge in [0, 0.05) is 13.7 Å². The molecule has 7 nitrogen and oxygen atoms in total. The maximum atomic E-state index is 12.8. The third kappa shape index (κ3) is 3.40. The van der Waals surface area contributed by atoms with Gasteiger partial charge in [-0.2, -0.15) is 4.31 Å². The smallest absolute Gasteiger partial charge is 0.307 e. The van der Waals surface area contributed by atoms with Crippen LogP contribution in [0.25, 0.3) is 0 Å². The van der Waals surface area contributed by atoms with E-state index in [1.807, 2.05) is 0 Å². The van der Waals surface area contributed by atoms with E-state index >= 15 is 0 Å². The molecule has 0 aliphatic carbocycles. The highest BCUT2D eigenvalue weighted by atomic mass is 32.2. The Morgan fingerprint density at radius 1 is 1.50 bits per heavy atom. The molecule has 0 bridgehead atoms. The number of carboxylic acids is 1. The lowest BCUT2D eigenvalue weighted by molar-refractivity contribution is -0.136. The van der Waals surface area contributed by atoms with Gasteiger partial charge in [-0.3, -0.25) is 4.79 Å². The topological polar surface area (TPSA) is 93.1 Å². The van der Waals surface area contributed by atoms with Gasteiger partial charge in [0.1, 0.15) is 5.75 Å². The normalized spacial score (nSPS) is 18.6. The molecule has 0 spiro atoms. The molecule has 1 heterocycles. The minimum atomic E-state index is -3.79. The minimum absolute atomic E-state index is 0.00917. The maximum Gasteiger partial charge on any atom is 0.307 e. The van der Waals surface area contributed by atoms with Gasteiger partial charge < -0.3 is 14.6 Å². The number of hydrogen-bond donors (Lipinski definition) is 1. The molecular weight excluding hydrogens is 310 g/mol. The van der Waals surface area contributed by atoms with Gasteiger partial charge in [-0.05, 0) is 30.2 Å². The molecule has 1 aromatic carbocycles. The Hall–Kier alpha value is -1.64. The molecule has 1 unspecified atom stereocenters. The van der Waals surface area contributed by atoms with Crippen LogP contribution >= 0.6 is 0 Å². The van der Waals surface area contributed by atoms with Crippen molar-refractivity contribution in [1.82, 2.24) is 4.31 Å². The standard InChI is InChI=1S/C14H19NO6S/c1-15(11-5-6-21-9-11)22(18,19)13-4-3-12(20-2)7-10(13)8-14(16)17/h3-4,7,11H,5-6,8-9H2,1-2H3,(H,16,17). The van der Waals surface area contributed by atoms with E-state index in [9.17, 15) is 13.2 Å². The predicted octanol–water partition coefficient (Wildman–Crippen LogP) is 0.732. The van der Waals surface area contributed by atoms with E-state index in [1.165, 1.54) is 36.7 Å².